The molecule has 0 heterocycles. The molecule has 2 aromatic carbocycles. The summed E-state index contributed by atoms with van der Waals surface area (Å²) in [5.41, 5.74) is 0.852. The van der Waals surface area contributed by atoms with Gasteiger partial charge in [0.15, 0.2) is 0 Å². The van der Waals surface area contributed by atoms with Crippen molar-refractivity contribution in [1.29, 1.82) is 0 Å². The van der Waals surface area contributed by atoms with Crippen LogP contribution in [0.15, 0.2) is 64.4 Å². The van der Waals surface area contributed by atoms with Crippen molar-refractivity contribution < 1.29 is 4.79 Å². The van der Waals surface area contributed by atoms with Gasteiger partial charge in [0.25, 0.3) is 0 Å². The van der Waals surface area contributed by atoms with Crippen molar-refractivity contribution in [3.63, 3.8) is 0 Å². The Morgan fingerprint density at radius 3 is 2.48 bits per heavy atom. The van der Waals surface area contributed by atoms with Crippen molar-refractivity contribution in [2.24, 2.45) is 5.92 Å². The highest BCUT2D eigenvalue weighted by molar-refractivity contribution is 7.99. The van der Waals surface area contributed by atoms with Gasteiger partial charge in [0.1, 0.15) is 0 Å². The van der Waals surface area contributed by atoms with Gasteiger partial charge in [-0.3, -0.25) is 0 Å². The van der Waals surface area contributed by atoms with Gasteiger partial charge < -0.3 is 10.6 Å². The third kappa shape index (κ3) is 4.76. The summed E-state index contributed by atoms with van der Waals surface area (Å²) < 4.78 is 0. The molecule has 2 aromatic rings. The molecule has 2 amide bonds. The van der Waals surface area contributed by atoms with Crippen molar-refractivity contribution in [2.45, 2.75) is 35.5 Å². The molecule has 1 saturated carbocycles. The zero-order valence-corrected chi connectivity index (χ0v) is 13.9. The van der Waals surface area contributed by atoms with Crippen LogP contribution in [0.1, 0.15) is 25.7 Å². The first-order chi connectivity index (χ1) is 11.3. The zero-order chi connectivity index (χ0) is 15.9. The number of para-hydroxylation sites is 1. The Balaban J connectivity index is 1.59. The summed E-state index contributed by atoms with van der Waals surface area (Å²) in [6.07, 6.45) is 5.07. The Labute approximate surface area is 141 Å². The van der Waals surface area contributed by atoms with Gasteiger partial charge in [-0.05, 0) is 43.0 Å². The summed E-state index contributed by atoms with van der Waals surface area (Å²) in [5.74, 6) is 0.648. The smallest absolute Gasteiger partial charge is 0.319 e. The summed E-state index contributed by atoms with van der Waals surface area (Å²) in [6, 6.07) is 18.0. The fourth-order valence-corrected chi connectivity index (χ4v) is 3.82. The van der Waals surface area contributed by atoms with Crippen LogP contribution in [0.4, 0.5) is 10.5 Å². The number of nitrogens with one attached hydrogen (secondary N) is 2. The quantitative estimate of drug-likeness (QED) is 0.798. The molecule has 0 unspecified atom stereocenters. The number of carbonyl (C=O) groups is 1. The summed E-state index contributed by atoms with van der Waals surface area (Å²) in [6.45, 7) is 0.778. The summed E-state index contributed by atoms with van der Waals surface area (Å²) in [7, 11) is 0. The summed E-state index contributed by atoms with van der Waals surface area (Å²) >= 11 is 1.66. The number of urea groups is 1. The molecule has 3 nitrogen and oxygen atoms in total. The number of anilines is 1. The van der Waals surface area contributed by atoms with Gasteiger partial charge in [0.2, 0.25) is 0 Å². The number of amides is 2. The second-order valence-electron chi connectivity index (χ2n) is 5.90. The molecule has 0 aromatic heterocycles. The van der Waals surface area contributed by atoms with Crippen LogP contribution in [0, 0.1) is 5.92 Å². The molecule has 23 heavy (non-hydrogen) atoms. The Kier molecular flexibility index (Phi) is 5.59. The van der Waals surface area contributed by atoms with Gasteiger partial charge in [-0.25, -0.2) is 4.79 Å². The van der Waals surface area contributed by atoms with Crippen LogP contribution in [-0.4, -0.2) is 12.6 Å². The molecular formula is C19H22N2OS. The fourth-order valence-electron chi connectivity index (χ4n) is 2.89. The van der Waals surface area contributed by atoms with E-state index in [0.717, 1.165) is 22.0 Å². The normalized spacial score (nSPS) is 14.6. The Morgan fingerprint density at radius 2 is 1.70 bits per heavy atom. The maximum absolute atomic E-state index is 12.1. The Hall–Kier alpha value is -1.94. The molecule has 0 radical (unpaired) electrons. The third-order valence-corrected chi connectivity index (χ3v) is 5.22. The number of hydrogen-bond donors (Lipinski definition) is 2. The fraction of sp³-hybridized carbons (Fsp3) is 0.316. The Bertz CT molecular complexity index is 639. The Morgan fingerprint density at radius 1 is 1.00 bits per heavy atom. The maximum atomic E-state index is 12.1. The number of carbonyl (C=O) groups excluding carboxylic acids is 1. The van der Waals surface area contributed by atoms with Crippen LogP contribution in [0.5, 0.6) is 0 Å². The lowest BCUT2D eigenvalue weighted by Gasteiger charge is -2.14. The lowest BCUT2D eigenvalue weighted by atomic mass is 10.1. The molecule has 1 aliphatic rings. The van der Waals surface area contributed by atoms with E-state index in [2.05, 4.69) is 22.8 Å². The molecule has 0 saturated heterocycles. The predicted octanol–water partition coefficient (Wildman–Crippen LogP) is 5.15. The minimum absolute atomic E-state index is 0.113. The van der Waals surface area contributed by atoms with Gasteiger partial charge in [-0.15, -0.1) is 0 Å². The molecule has 0 atom stereocenters. The van der Waals surface area contributed by atoms with Crippen molar-refractivity contribution >= 4 is 23.5 Å². The topological polar surface area (TPSA) is 41.1 Å². The van der Waals surface area contributed by atoms with E-state index in [4.69, 9.17) is 0 Å². The van der Waals surface area contributed by atoms with E-state index in [1.165, 1.54) is 25.7 Å². The molecule has 1 aliphatic carbocycles. The highest BCUT2D eigenvalue weighted by atomic mass is 32.2. The lowest BCUT2D eigenvalue weighted by molar-refractivity contribution is 0.250. The number of rotatable bonds is 5. The summed E-state index contributed by atoms with van der Waals surface area (Å²) in [5, 5.41) is 5.99. The molecule has 0 bridgehead atoms. The van der Waals surface area contributed by atoms with E-state index < -0.39 is 0 Å². The van der Waals surface area contributed by atoms with Crippen LogP contribution < -0.4 is 10.6 Å². The predicted molar refractivity (Wildman–Crippen MR) is 96.0 cm³/mol. The number of hydrogen-bond acceptors (Lipinski definition) is 2. The van der Waals surface area contributed by atoms with E-state index in [-0.39, 0.29) is 6.03 Å². The van der Waals surface area contributed by atoms with Crippen molar-refractivity contribution in [3.8, 4) is 0 Å². The minimum atomic E-state index is -0.113. The van der Waals surface area contributed by atoms with E-state index in [1.54, 1.807) is 11.8 Å². The third-order valence-electron chi connectivity index (χ3n) is 4.13. The van der Waals surface area contributed by atoms with Crippen molar-refractivity contribution in [1.82, 2.24) is 5.32 Å². The van der Waals surface area contributed by atoms with Gasteiger partial charge >= 0.3 is 6.03 Å². The van der Waals surface area contributed by atoms with Gasteiger partial charge in [0, 0.05) is 16.3 Å². The highest BCUT2D eigenvalue weighted by Crippen LogP contribution is 2.33. The largest absolute Gasteiger partial charge is 0.338 e. The average Bonchev–Trinajstić information content (AvgIpc) is 3.09. The SMILES string of the molecule is O=C(NCC1CCCC1)Nc1ccccc1Sc1ccccc1. The highest BCUT2D eigenvalue weighted by Gasteiger charge is 2.16. The molecule has 3 rings (SSSR count). The average molecular weight is 326 g/mol. The molecule has 0 spiro atoms. The molecule has 120 valence electrons. The minimum Gasteiger partial charge on any atom is -0.338 e. The molecular weight excluding hydrogens is 304 g/mol. The number of benzene rings is 2. The van der Waals surface area contributed by atoms with E-state index in [9.17, 15) is 4.79 Å². The first kappa shape index (κ1) is 15.9. The molecule has 1 fully saturated rings. The van der Waals surface area contributed by atoms with Crippen molar-refractivity contribution in [3.05, 3.63) is 54.6 Å². The van der Waals surface area contributed by atoms with Crippen LogP contribution in [0.2, 0.25) is 0 Å². The van der Waals surface area contributed by atoms with Crippen LogP contribution in [-0.2, 0) is 0 Å². The second kappa shape index (κ2) is 8.06. The molecule has 4 heteroatoms. The van der Waals surface area contributed by atoms with Gasteiger partial charge in [0.05, 0.1) is 5.69 Å². The standard InChI is InChI=1S/C19H22N2OS/c22-19(20-14-15-8-4-5-9-15)21-17-12-6-7-13-18(17)23-16-10-2-1-3-11-16/h1-3,6-7,10-13,15H,4-5,8-9,14H2,(H2,20,21,22). The van der Waals surface area contributed by atoms with E-state index in [0.29, 0.717) is 5.92 Å². The van der Waals surface area contributed by atoms with E-state index in [1.807, 2.05) is 42.5 Å². The zero-order valence-electron chi connectivity index (χ0n) is 13.1. The molecule has 0 aliphatic heterocycles. The first-order valence-electron chi connectivity index (χ1n) is 8.18. The first-order valence-corrected chi connectivity index (χ1v) is 9.00. The molecule has 2 N–H and O–H groups in total. The summed E-state index contributed by atoms with van der Waals surface area (Å²) in [4.78, 5) is 14.4. The van der Waals surface area contributed by atoms with Crippen molar-refractivity contribution in [2.75, 3.05) is 11.9 Å². The van der Waals surface area contributed by atoms with E-state index >= 15 is 0 Å². The van der Waals surface area contributed by atoms with Crippen LogP contribution in [0.3, 0.4) is 0 Å². The van der Waals surface area contributed by atoms with Crippen LogP contribution in [0.25, 0.3) is 0 Å². The lowest BCUT2D eigenvalue weighted by Crippen LogP contribution is -2.32. The monoisotopic (exact) mass is 326 g/mol. The van der Waals surface area contributed by atoms with Gasteiger partial charge in [-0.1, -0.05) is 54.9 Å². The van der Waals surface area contributed by atoms with Gasteiger partial charge in [-0.2, -0.15) is 0 Å². The second-order valence-corrected chi connectivity index (χ2v) is 7.01. The maximum Gasteiger partial charge on any atom is 0.319 e. The van der Waals surface area contributed by atoms with Crippen LogP contribution >= 0.6 is 11.8 Å².